The van der Waals surface area contributed by atoms with Crippen molar-refractivity contribution in [3.8, 4) is 0 Å². The van der Waals surface area contributed by atoms with Gasteiger partial charge in [0.1, 0.15) is 0 Å². The van der Waals surface area contributed by atoms with Crippen molar-refractivity contribution in [2.75, 3.05) is 38.4 Å². The molecule has 16 heavy (non-hydrogen) atoms. The number of amides is 1. The van der Waals surface area contributed by atoms with Crippen LogP contribution in [0.4, 0.5) is 0 Å². The maximum atomic E-state index is 11.5. The second-order valence-corrected chi connectivity index (χ2v) is 4.69. The van der Waals surface area contributed by atoms with Crippen molar-refractivity contribution in [2.24, 2.45) is 5.73 Å². The quantitative estimate of drug-likeness (QED) is 0.669. The van der Waals surface area contributed by atoms with E-state index in [1.807, 2.05) is 6.26 Å². The zero-order valence-corrected chi connectivity index (χ0v) is 10.4. The van der Waals surface area contributed by atoms with Gasteiger partial charge in [-0.25, -0.2) is 0 Å². The van der Waals surface area contributed by atoms with E-state index in [2.05, 4.69) is 5.32 Å². The highest BCUT2D eigenvalue weighted by molar-refractivity contribution is 7.98. The standard InChI is InChI=1S/C10H20N2O3S/c1-16-5-2-9(11)10(13)12-6-8-7-14-3-4-15-8/h8-9H,2-7,11H2,1H3,(H,12,13)/t8?,9-/m1/s1. The Bertz CT molecular complexity index is 210. The van der Waals surface area contributed by atoms with Crippen LogP contribution in [0.5, 0.6) is 0 Å². The van der Waals surface area contributed by atoms with E-state index < -0.39 is 6.04 Å². The second kappa shape index (κ2) is 7.89. The normalized spacial score (nSPS) is 22.8. The van der Waals surface area contributed by atoms with Crippen molar-refractivity contribution >= 4 is 17.7 Å². The monoisotopic (exact) mass is 248 g/mol. The maximum absolute atomic E-state index is 11.5. The van der Waals surface area contributed by atoms with Crippen molar-refractivity contribution in [3.63, 3.8) is 0 Å². The van der Waals surface area contributed by atoms with Crippen LogP contribution in [0.15, 0.2) is 0 Å². The minimum absolute atomic E-state index is 0.0366. The summed E-state index contributed by atoms with van der Waals surface area (Å²) in [6, 6.07) is -0.419. The number of thioether (sulfide) groups is 1. The highest BCUT2D eigenvalue weighted by Crippen LogP contribution is 2.01. The molecule has 1 rings (SSSR count). The number of ether oxygens (including phenoxy) is 2. The largest absolute Gasteiger partial charge is 0.376 e. The number of hydrogen-bond acceptors (Lipinski definition) is 5. The molecule has 1 fully saturated rings. The van der Waals surface area contributed by atoms with Gasteiger partial charge >= 0.3 is 0 Å². The molecular weight excluding hydrogens is 228 g/mol. The number of carbonyl (C=O) groups excluding carboxylic acids is 1. The molecule has 1 aliphatic heterocycles. The topological polar surface area (TPSA) is 73.6 Å². The Balaban J connectivity index is 2.12. The van der Waals surface area contributed by atoms with E-state index in [1.165, 1.54) is 0 Å². The van der Waals surface area contributed by atoms with Crippen molar-refractivity contribution in [3.05, 3.63) is 0 Å². The van der Waals surface area contributed by atoms with Crippen LogP contribution in [0.2, 0.25) is 0 Å². The van der Waals surface area contributed by atoms with Crippen LogP contribution >= 0.6 is 11.8 Å². The van der Waals surface area contributed by atoms with Gasteiger partial charge in [-0.2, -0.15) is 11.8 Å². The lowest BCUT2D eigenvalue weighted by molar-refractivity contribution is -0.125. The highest BCUT2D eigenvalue weighted by Gasteiger charge is 2.17. The molecule has 94 valence electrons. The molecule has 1 saturated heterocycles. The summed E-state index contributed by atoms with van der Waals surface area (Å²) in [5.41, 5.74) is 5.72. The predicted octanol–water partition coefficient (Wildman–Crippen LogP) is -0.402. The average Bonchev–Trinajstić information content (AvgIpc) is 2.34. The summed E-state index contributed by atoms with van der Waals surface area (Å²) in [6.07, 6.45) is 2.66. The average molecular weight is 248 g/mol. The van der Waals surface area contributed by atoms with Gasteiger partial charge in [-0.1, -0.05) is 0 Å². The van der Waals surface area contributed by atoms with Crippen LogP contribution in [0.1, 0.15) is 6.42 Å². The fourth-order valence-corrected chi connectivity index (χ4v) is 1.87. The van der Waals surface area contributed by atoms with Gasteiger partial charge in [0.05, 0.1) is 32.0 Å². The molecule has 3 N–H and O–H groups in total. The Morgan fingerprint density at radius 1 is 1.62 bits per heavy atom. The van der Waals surface area contributed by atoms with Gasteiger partial charge < -0.3 is 20.5 Å². The second-order valence-electron chi connectivity index (χ2n) is 3.70. The molecular formula is C10H20N2O3S. The third kappa shape index (κ3) is 5.16. The molecule has 1 aliphatic rings. The van der Waals surface area contributed by atoms with E-state index in [1.54, 1.807) is 11.8 Å². The van der Waals surface area contributed by atoms with Gasteiger partial charge in [0, 0.05) is 6.54 Å². The number of hydrogen-bond donors (Lipinski definition) is 2. The Morgan fingerprint density at radius 2 is 2.44 bits per heavy atom. The van der Waals surface area contributed by atoms with Gasteiger partial charge in [-0.05, 0) is 18.4 Å². The molecule has 0 aromatic heterocycles. The third-order valence-electron chi connectivity index (χ3n) is 2.36. The molecule has 1 amide bonds. The summed E-state index contributed by atoms with van der Waals surface area (Å²) in [5.74, 6) is 0.792. The zero-order valence-electron chi connectivity index (χ0n) is 9.61. The van der Waals surface area contributed by atoms with E-state index in [0.717, 1.165) is 5.75 Å². The molecule has 1 unspecified atom stereocenters. The molecule has 0 saturated carbocycles. The first kappa shape index (κ1) is 13.8. The van der Waals surface area contributed by atoms with Gasteiger partial charge in [0.15, 0.2) is 0 Å². The van der Waals surface area contributed by atoms with Crippen molar-refractivity contribution in [2.45, 2.75) is 18.6 Å². The van der Waals surface area contributed by atoms with Gasteiger partial charge in [0.2, 0.25) is 5.91 Å². The van der Waals surface area contributed by atoms with Gasteiger partial charge in [-0.15, -0.1) is 0 Å². The van der Waals surface area contributed by atoms with E-state index >= 15 is 0 Å². The van der Waals surface area contributed by atoms with Crippen LogP contribution in [0.25, 0.3) is 0 Å². The van der Waals surface area contributed by atoms with E-state index in [9.17, 15) is 4.79 Å². The Morgan fingerprint density at radius 3 is 3.06 bits per heavy atom. The number of carbonyl (C=O) groups is 1. The molecule has 0 aromatic carbocycles. The molecule has 0 bridgehead atoms. The Kier molecular flexibility index (Phi) is 6.79. The van der Waals surface area contributed by atoms with Crippen LogP contribution in [0, 0.1) is 0 Å². The summed E-state index contributed by atoms with van der Waals surface area (Å²) < 4.78 is 10.6. The fraction of sp³-hybridized carbons (Fsp3) is 0.900. The van der Waals surface area contributed by atoms with E-state index in [0.29, 0.717) is 32.8 Å². The zero-order chi connectivity index (χ0) is 11.8. The summed E-state index contributed by atoms with van der Waals surface area (Å²) in [4.78, 5) is 11.5. The maximum Gasteiger partial charge on any atom is 0.237 e. The summed E-state index contributed by atoms with van der Waals surface area (Å²) in [7, 11) is 0. The summed E-state index contributed by atoms with van der Waals surface area (Å²) in [6.45, 7) is 2.25. The van der Waals surface area contributed by atoms with Gasteiger partial charge in [-0.3, -0.25) is 4.79 Å². The Hall–Kier alpha value is -0.300. The van der Waals surface area contributed by atoms with E-state index in [-0.39, 0.29) is 12.0 Å². The van der Waals surface area contributed by atoms with Crippen molar-refractivity contribution in [1.82, 2.24) is 5.32 Å². The molecule has 0 aliphatic carbocycles. The molecule has 0 radical (unpaired) electrons. The molecule has 0 spiro atoms. The van der Waals surface area contributed by atoms with Crippen LogP contribution in [0.3, 0.4) is 0 Å². The molecule has 0 aromatic rings. The predicted molar refractivity (Wildman–Crippen MR) is 64.5 cm³/mol. The fourth-order valence-electron chi connectivity index (χ4n) is 1.38. The number of rotatable bonds is 6. The molecule has 6 heteroatoms. The van der Waals surface area contributed by atoms with Crippen molar-refractivity contribution in [1.29, 1.82) is 0 Å². The lowest BCUT2D eigenvalue weighted by Gasteiger charge is -2.23. The molecule has 1 heterocycles. The van der Waals surface area contributed by atoms with Crippen LogP contribution in [-0.2, 0) is 14.3 Å². The lowest BCUT2D eigenvalue weighted by Crippen LogP contribution is -2.46. The minimum atomic E-state index is -0.419. The third-order valence-corrected chi connectivity index (χ3v) is 3.00. The van der Waals surface area contributed by atoms with Crippen LogP contribution in [-0.4, -0.2) is 56.4 Å². The summed E-state index contributed by atoms with van der Waals surface area (Å²) >= 11 is 1.69. The minimum Gasteiger partial charge on any atom is -0.376 e. The first-order valence-corrected chi connectivity index (χ1v) is 6.85. The van der Waals surface area contributed by atoms with Crippen molar-refractivity contribution < 1.29 is 14.3 Å². The smallest absolute Gasteiger partial charge is 0.237 e. The van der Waals surface area contributed by atoms with Gasteiger partial charge in [0.25, 0.3) is 0 Å². The lowest BCUT2D eigenvalue weighted by atomic mass is 10.2. The van der Waals surface area contributed by atoms with E-state index in [4.69, 9.17) is 15.2 Å². The number of nitrogens with two attached hydrogens (primary N) is 1. The summed E-state index contributed by atoms with van der Waals surface area (Å²) in [5, 5.41) is 2.78. The molecule has 2 atom stereocenters. The van der Waals surface area contributed by atoms with Crippen LogP contribution < -0.4 is 11.1 Å². The first-order chi connectivity index (χ1) is 7.74. The Labute approximate surface area is 100 Å². The number of nitrogens with one attached hydrogen (secondary N) is 1. The SMILES string of the molecule is CSCC[C@@H](N)C(=O)NCC1COCCO1. The molecule has 5 nitrogen and oxygen atoms in total. The highest BCUT2D eigenvalue weighted by atomic mass is 32.2. The first-order valence-electron chi connectivity index (χ1n) is 5.45.